The zero-order valence-electron chi connectivity index (χ0n) is 13.2. The van der Waals surface area contributed by atoms with Crippen LogP contribution >= 0.6 is 0 Å². The van der Waals surface area contributed by atoms with Crippen LogP contribution < -0.4 is 5.32 Å². The van der Waals surface area contributed by atoms with Gasteiger partial charge < -0.3 is 5.32 Å². The van der Waals surface area contributed by atoms with Crippen LogP contribution in [0.4, 0.5) is 5.69 Å². The summed E-state index contributed by atoms with van der Waals surface area (Å²) in [6.07, 6.45) is 6.30. The van der Waals surface area contributed by atoms with Crippen LogP contribution in [0.1, 0.15) is 55.0 Å². The molecular formula is C20H25N. The Hall–Kier alpha value is -1.76. The zero-order valence-corrected chi connectivity index (χ0v) is 13.2. The molecule has 3 rings (SSSR count). The van der Waals surface area contributed by atoms with E-state index in [2.05, 4.69) is 61.6 Å². The fourth-order valence-corrected chi connectivity index (χ4v) is 3.19. The zero-order chi connectivity index (χ0) is 14.7. The number of fused-ring (bicyclic) bond motifs is 1. The van der Waals surface area contributed by atoms with Gasteiger partial charge in [-0.1, -0.05) is 37.3 Å². The Morgan fingerprint density at radius 2 is 1.67 bits per heavy atom. The molecule has 0 saturated carbocycles. The molecule has 0 aliphatic heterocycles. The normalized spacial score (nSPS) is 15.3. The number of anilines is 1. The van der Waals surface area contributed by atoms with E-state index in [0.29, 0.717) is 6.04 Å². The van der Waals surface area contributed by atoms with E-state index in [-0.39, 0.29) is 0 Å². The molecule has 21 heavy (non-hydrogen) atoms. The van der Waals surface area contributed by atoms with Crippen molar-refractivity contribution in [2.45, 2.75) is 52.0 Å². The molecule has 0 radical (unpaired) electrons. The Kier molecular flexibility index (Phi) is 4.28. The summed E-state index contributed by atoms with van der Waals surface area (Å²) in [5.74, 6) is 0. The molecule has 0 fully saturated rings. The van der Waals surface area contributed by atoms with E-state index in [1.165, 1.54) is 42.5 Å². The molecule has 1 aliphatic carbocycles. The van der Waals surface area contributed by atoms with Crippen LogP contribution in [0.25, 0.3) is 0 Å². The summed E-state index contributed by atoms with van der Waals surface area (Å²) in [7, 11) is 0. The molecule has 1 atom stereocenters. The van der Waals surface area contributed by atoms with Gasteiger partial charge in [0.1, 0.15) is 0 Å². The van der Waals surface area contributed by atoms with Gasteiger partial charge in [-0.25, -0.2) is 0 Å². The van der Waals surface area contributed by atoms with Crippen molar-refractivity contribution in [1.29, 1.82) is 0 Å². The summed E-state index contributed by atoms with van der Waals surface area (Å²) >= 11 is 0. The lowest BCUT2D eigenvalue weighted by molar-refractivity contribution is 0.683. The number of aryl methyl sites for hydroxylation is 3. The van der Waals surface area contributed by atoms with Crippen molar-refractivity contribution < 1.29 is 0 Å². The molecule has 1 aliphatic rings. The van der Waals surface area contributed by atoms with E-state index in [4.69, 9.17) is 0 Å². The third-order valence-corrected chi connectivity index (χ3v) is 4.62. The average molecular weight is 279 g/mol. The number of rotatable bonds is 4. The lowest BCUT2D eigenvalue weighted by Gasteiger charge is -2.20. The van der Waals surface area contributed by atoms with Crippen molar-refractivity contribution in [1.82, 2.24) is 0 Å². The summed E-state index contributed by atoms with van der Waals surface area (Å²) in [4.78, 5) is 0. The SMILES string of the molecule is CCc1ccc(NC(C)c2ccc3c(c2)CCCC3)cc1. The minimum Gasteiger partial charge on any atom is -0.379 e. The van der Waals surface area contributed by atoms with Crippen LogP contribution in [0.5, 0.6) is 0 Å². The monoisotopic (exact) mass is 279 g/mol. The third kappa shape index (κ3) is 3.29. The predicted molar refractivity (Wildman–Crippen MR) is 90.9 cm³/mol. The second-order valence-electron chi connectivity index (χ2n) is 6.15. The van der Waals surface area contributed by atoms with Crippen molar-refractivity contribution in [2.24, 2.45) is 0 Å². The molecule has 1 unspecified atom stereocenters. The fourth-order valence-electron chi connectivity index (χ4n) is 3.19. The number of hydrogen-bond donors (Lipinski definition) is 1. The van der Waals surface area contributed by atoms with Crippen molar-refractivity contribution in [3.8, 4) is 0 Å². The maximum atomic E-state index is 3.62. The molecule has 1 heteroatoms. The molecule has 0 bridgehead atoms. The molecule has 0 heterocycles. The molecule has 0 spiro atoms. The van der Waals surface area contributed by atoms with Gasteiger partial charge in [0.15, 0.2) is 0 Å². The van der Waals surface area contributed by atoms with Crippen molar-refractivity contribution in [3.05, 3.63) is 64.7 Å². The first-order chi connectivity index (χ1) is 10.3. The minimum atomic E-state index is 0.352. The van der Waals surface area contributed by atoms with E-state index >= 15 is 0 Å². The predicted octanol–water partition coefficient (Wildman–Crippen LogP) is 5.30. The van der Waals surface area contributed by atoms with Gasteiger partial charge in [-0.3, -0.25) is 0 Å². The number of hydrogen-bond acceptors (Lipinski definition) is 1. The molecule has 1 nitrogen and oxygen atoms in total. The van der Waals surface area contributed by atoms with Crippen LogP contribution in [0.15, 0.2) is 42.5 Å². The van der Waals surface area contributed by atoms with Gasteiger partial charge in [0.25, 0.3) is 0 Å². The molecule has 1 N–H and O–H groups in total. The van der Waals surface area contributed by atoms with Crippen LogP contribution in [0, 0.1) is 0 Å². The summed E-state index contributed by atoms with van der Waals surface area (Å²) in [5, 5.41) is 3.62. The minimum absolute atomic E-state index is 0.352. The van der Waals surface area contributed by atoms with E-state index in [1.807, 2.05) is 0 Å². The first kappa shape index (κ1) is 14.2. The van der Waals surface area contributed by atoms with Crippen molar-refractivity contribution in [3.63, 3.8) is 0 Å². The summed E-state index contributed by atoms with van der Waals surface area (Å²) in [6, 6.07) is 16.2. The Balaban J connectivity index is 1.73. The fraction of sp³-hybridized carbons (Fsp3) is 0.400. The standard InChI is InChI=1S/C20H25N/c1-3-16-8-12-20(13-9-16)21-15(2)18-11-10-17-6-4-5-7-19(17)14-18/h8-15,21H,3-7H2,1-2H3. The van der Waals surface area contributed by atoms with Crippen LogP contribution in [0.2, 0.25) is 0 Å². The van der Waals surface area contributed by atoms with Crippen molar-refractivity contribution in [2.75, 3.05) is 5.32 Å². The molecule has 2 aromatic carbocycles. The summed E-state index contributed by atoms with van der Waals surface area (Å²) < 4.78 is 0. The Bertz CT molecular complexity index is 598. The van der Waals surface area contributed by atoms with Gasteiger partial charge in [-0.2, -0.15) is 0 Å². The van der Waals surface area contributed by atoms with Crippen LogP contribution in [-0.2, 0) is 19.3 Å². The third-order valence-electron chi connectivity index (χ3n) is 4.62. The van der Waals surface area contributed by atoms with Gasteiger partial charge >= 0.3 is 0 Å². The summed E-state index contributed by atoms with van der Waals surface area (Å²) in [6.45, 7) is 4.44. The maximum Gasteiger partial charge on any atom is 0.0485 e. The van der Waals surface area contributed by atoms with E-state index in [0.717, 1.165) is 6.42 Å². The van der Waals surface area contributed by atoms with E-state index < -0.39 is 0 Å². The second kappa shape index (κ2) is 6.34. The number of nitrogens with one attached hydrogen (secondary N) is 1. The quantitative estimate of drug-likeness (QED) is 0.800. The number of benzene rings is 2. The first-order valence-corrected chi connectivity index (χ1v) is 8.23. The van der Waals surface area contributed by atoms with Gasteiger partial charge in [0.2, 0.25) is 0 Å². The van der Waals surface area contributed by atoms with Crippen LogP contribution in [0.3, 0.4) is 0 Å². The molecule has 2 aromatic rings. The average Bonchev–Trinajstić information content (AvgIpc) is 2.55. The Labute approximate surface area is 128 Å². The molecule has 0 saturated heterocycles. The largest absolute Gasteiger partial charge is 0.379 e. The van der Waals surface area contributed by atoms with Gasteiger partial charge in [-0.05, 0) is 73.4 Å². The van der Waals surface area contributed by atoms with Gasteiger partial charge in [0.05, 0.1) is 0 Å². The topological polar surface area (TPSA) is 12.0 Å². The van der Waals surface area contributed by atoms with Crippen molar-refractivity contribution >= 4 is 5.69 Å². The second-order valence-corrected chi connectivity index (χ2v) is 6.15. The molecule has 0 aromatic heterocycles. The van der Waals surface area contributed by atoms with Gasteiger partial charge in [-0.15, -0.1) is 0 Å². The lowest BCUT2D eigenvalue weighted by atomic mass is 9.89. The van der Waals surface area contributed by atoms with Gasteiger partial charge in [0, 0.05) is 11.7 Å². The molecule has 0 amide bonds. The molecule has 110 valence electrons. The summed E-state index contributed by atoms with van der Waals surface area (Å²) in [5.41, 5.74) is 7.12. The molecular weight excluding hydrogens is 254 g/mol. The smallest absolute Gasteiger partial charge is 0.0485 e. The maximum absolute atomic E-state index is 3.62. The van der Waals surface area contributed by atoms with E-state index in [1.54, 1.807) is 11.1 Å². The highest BCUT2D eigenvalue weighted by molar-refractivity contribution is 5.47. The highest BCUT2D eigenvalue weighted by Gasteiger charge is 2.12. The first-order valence-electron chi connectivity index (χ1n) is 8.23. The highest BCUT2D eigenvalue weighted by Crippen LogP contribution is 2.26. The Morgan fingerprint density at radius 3 is 2.38 bits per heavy atom. The highest BCUT2D eigenvalue weighted by atomic mass is 14.9. The van der Waals surface area contributed by atoms with Crippen LogP contribution in [-0.4, -0.2) is 0 Å². The Morgan fingerprint density at radius 1 is 0.952 bits per heavy atom. The lowest BCUT2D eigenvalue weighted by Crippen LogP contribution is -2.09. The van der Waals surface area contributed by atoms with E-state index in [9.17, 15) is 0 Å².